The van der Waals surface area contributed by atoms with E-state index in [-0.39, 0.29) is 29.6 Å². The van der Waals surface area contributed by atoms with Gasteiger partial charge in [0, 0.05) is 10.5 Å². The minimum absolute atomic E-state index is 0. The zero-order chi connectivity index (χ0) is 10.9. The molecule has 0 fully saturated rings. The van der Waals surface area contributed by atoms with Crippen LogP contribution >= 0.6 is 28.3 Å². The van der Waals surface area contributed by atoms with Crippen molar-refractivity contribution in [2.75, 3.05) is 0 Å². The second kappa shape index (κ2) is 5.19. The van der Waals surface area contributed by atoms with Crippen molar-refractivity contribution in [3.63, 3.8) is 0 Å². The lowest BCUT2D eigenvalue weighted by molar-refractivity contribution is 0.325. The first-order valence-electron chi connectivity index (χ1n) is 4.56. The number of aromatic hydroxyl groups is 1. The monoisotopic (exact) mass is 293 g/mol. The predicted molar refractivity (Wildman–Crippen MR) is 69.4 cm³/mol. The molecule has 0 aliphatic heterocycles. The van der Waals surface area contributed by atoms with E-state index in [2.05, 4.69) is 36.7 Å². The lowest BCUT2D eigenvalue weighted by Crippen LogP contribution is -2.26. The highest BCUT2D eigenvalue weighted by Gasteiger charge is 2.24. The average molecular weight is 295 g/mol. The van der Waals surface area contributed by atoms with Crippen molar-refractivity contribution in [2.45, 2.75) is 26.8 Å². The fraction of sp³-hybridized carbons (Fsp3) is 0.455. The third kappa shape index (κ3) is 3.67. The van der Waals surface area contributed by atoms with Gasteiger partial charge in [0.2, 0.25) is 0 Å². The average Bonchev–Trinajstić information content (AvgIpc) is 2.06. The van der Waals surface area contributed by atoms with E-state index in [1.165, 1.54) is 0 Å². The highest BCUT2D eigenvalue weighted by Crippen LogP contribution is 2.35. The van der Waals surface area contributed by atoms with Gasteiger partial charge in [0.1, 0.15) is 5.75 Å². The fourth-order valence-corrected chi connectivity index (χ4v) is 1.73. The van der Waals surface area contributed by atoms with Gasteiger partial charge in [-0.05, 0) is 29.2 Å². The van der Waals surface area contributed by atoms with Crippen molar-refractivity contribution >= 4 is 28.3 Å². The Labute approximate surface area is 105 Å². The van der Waals surface area contributed by atoms with E-state index in [1.54, 1.807) is 12.1 Å². The Morgan fingerprint density at radius 2 is 1.87 bits per heavy atom. The van der Waals surface area contributed by atoms with Crippen LogP contribution in [0.5, 0.6) is 5.75 Å². The Balaban J connectivity index is 0.00000196. The molecule has 0 heterocycles. The molecule has 4 heteroatoms. The van der Waals surface area contributed by atoms with Crippen molar-refractivity contribution in [2.24, 2.45) is 11.1 Å². The zero-order valence-electron chi connectivity index (χ0n) is 9.12. The number of phenols is 1. The molecule has 0 aliphatic rings. The van der Waals surface area contributed by atoms with E-state index in [9.17, 15) is 5.11 Å². The van der Waals surface area contributed by atoms with Gasteiger partial charge in [-0.15, -0.1) is 12.4 Å². The first-order chi connectivity index (χ1) is 6.32. The van der Waals surface area contributed by atoms with Crippen LogP contribution in [0.3, 0.4) is 0 Å². The van der Waals surface area contributed by atoms with Crippen molar-refractivity contribution in [3.8, 4) is 5.75 Å². The quantitative estimate of drug-likeness (QED) is 0.831. The highest BCUT2D eigenvalue weighted by atomic mass is 79.9. The number of rotatable bonds is 1. The molecule has 2 nitrogen and oxygen atoms in total. The molecule has 0 saturated carbocycles. The van der Waals surface area contributed by atoms with Gasteiger partial charge in [0.25, 0.3) is 0 Å². The standard InChI is InChI=1S/C11H16BrNO.ClH/c1-11(2,3)10(13)8-6-7(14)4-5-9(8)12;/h4-6,10,14H,13H2,1-3H3;1H/t10-;/m0./s1. The summed E-state index contributed by atoms with van der Waals surface area (Å²) in [4.78, 5) is 0. The molecule has 1 atom stereocenters. The Morgan fingerprint density at radius 3 is 2.33 bits per heavy atom. The van der Waals surface area contributed by atoms with Gasteiger partial charge >= 0.3 is 0 Å². The minimum atomic E-state index is -0.0935. The Morgan fingerprint density at radius 1 is 1.33 bits per heavy atom. The molecule has 86 valence electrons. The number of halogens is 2. The van der Waals surface area contributed by atoms with Gasteiger partial charge in [-0.3, -0.25) is 0 Å². The second-order valence-corrected chi connectivity index (χ2v) is 5.40. The molecule has 1 rings (SSSR count). The summed E-state index contributed by atoms with van der Waals surface area (Å²) in [5, 5.41) is 9.38. The van der Waals surface area contributed by atoms with Crippen LogP contribution in [0.1, 0.15) is 32.4 Å². The van der Waals surface area contributed by atoms with Crippen molar-refractivity contribution < 1.29 is 5.11 Å². The lowest BCUT2D eigenvalue weighted by atomic mass is 9.83. The van der Waals surface area contributed by atoms with Crippen LogP contribution in [0.25, 0.3) is 0 Å². The summed E-state index contributed by atoms with van der Waals surface area (Å²) in [6.07, 6.45) is 0. The fourth-order valence-electron chi connectivity index (χ4n) is 1.24. The van der Waals surface area contributed by atoms with Crippen LogP contribution < -0.4 is 5.73 Å². The first kappa shape index (κ1) is 14.8. The summed E-state index contributed by atoms with van der Waals surface area (Å²) < 4.78 is 0.942. The maximum atomic E-state index is 9.38. The number of hydrogen-bond acceptors (Lipinski definition) is 2. The molecule has 0 amide bonds. The zero-order valence-corrected chi connectivity index (χ0v) is 11.5. The van der Waals surface area contributed by atoms with Crippen LogP contribution in [0, 0.1) is 5.41 Å². The van der Waals surface area contributed by atoms with E-state index in [1.807, 2.05) is 6.07 Å². The van der Waals surface area contributed by atoms with Crippen molar-refractivity contribution in [1.82, 2.24) is 0 Å². The Hall–Kier alpha value is -0.250. The molecule has 1 aromatic carbocycles. The molecule has 0 spiro atoms. The normalized spacial score (nSPS) is 13.1. The topological polar surface area (TPSA) is 46.2 Å². The van der Waals surface area contributed by atoms with E-state index in [4.69, 9.17) is 5.73 Å². The van der Waals surface area contributed by atoms with Crippen LogP contribution in [0.2, 0.25) is 0 Å². The Kier molecular flexibility index (Phi) is 5.10. The molecular formula is C11H17BrClNO. The third-order valence-electron chi connectivity index (χ3n) is 2.25. The van der Waals surface area contributed by atoms with E-state index in [0.717, 1.165) is 10.0 Å². The minimum Gasteiger partial charge on any atom is -0.508 e. The maximum Gasteiger partial charge on any atom is 0.115 e. The molecule has 3 N–H and O–H groups in total. The maximum absolute atomic E-state index is 9.38. The molecule has 0 aromatic heterocycles. The molecule has 0 radical (unpaired) electrons. The summed E-state index contributed by atoms with van der Waals surface area (Å²) >= 11 is 3.43. The van der Waals surface area contributed by atoms with Gasteiger partial charge < -0.3 is 10.8 Å². The molecular weight excluding hydrogens is 277 g/mol. The van der Waals surface area contributed by atoms with Gasteiger partial charge in [-0.2, -0.15) is 0 Å². The Bertz CT molecular complexity index is 336. The largest absolute Gasteiger partial charge is 0.508 e. The van der Waals surface area contributed by atoms with E-state index >= 15 is 0 Å². The van der Waals surface area contributed by atoms with Crippen molar-refractivity contribution in [1.29, 1.82) is 0 Å². The van der Waals surface area contributed by atoms with Gasteiger partial charge in [0.15, 0.2) is 0 Å². The summed E-state index contributed by atoms with van der Waals surface area (Å²) in [5.74, 6) is 0.253. The van der Waals surface area contributed by atoms with Gasteiger partial charge in [-0.25, -0.2) is 0 Å². The summed E-state index contributed by atoms with van der Waals surface area (Å²) in [6.45, 7) is 6.23. The third-order valence-corrected chi connectivity index (χ3v) is 2.97. The van der Waals surface area contributed by atoms with Gasteiger partial charge in [-0.1, -0.05) is 36.7 Å². The first-order valence-corrected chi connectivity index (χ1v) is 5.35. The highest BCUT2D eigenvalue weighted by molar-refractivity contribution is 9.10. The molecule has 0 saturated heterocycles. The van der Waals surface area contributed by atoms with Crippen LogP contribution in [0.15, 0.2) is 22.7 Å². The van der Waals surface area contributed by atoms with Crippen LogP contribution in [-0.4, -0.2) is 5.11 Å². The number of hydrogen-bond donors (Lipinski definition) is 2. The SMILES string of the molecule is CC(C)(C)[C@@H](N)c1cc(O)ccc1Br.Cl. The van der Waals surface area contributed by atoms with Crippen LogP contribution in [-0.2, 0) is 0 Å². The van der Waals surface area contributed by atoms with Crippen LogP contribution in [0.4, 0.5) is 0 Å². The molecule has 0 unspecified atom stereocenters. The summed E-state index contributed by atoms with van der Waals surface area (Å²) in [5.41, 5.74) is 7.03. The van der Waals surface area contributed by atoms with Gasteiger partial charge in [0.05, 0.1) is 0 Å². The van der Waals surface area contributed by atoms with Crippen molar-refractivity contribution in [3.05, 3.63) is 28.2 Å². The molecule has 15 heavy (non-hydrogen) atoms. The summed E-state index contributed by atoms with van der Waals surface area (Å²) in [7, 11) is 0. The second-order valence-electron chi connectivity index (χ2n) is 4.55. The molecule has 0 aliphatic carbocycles. The van der Waals surface area contributed by atoms with E-state index in [0.29, 0.717) is 0 Å². The molecule has 1 aromatic rings. The smallest absolute Gasteiger partial charge is 0.115 e. The lowest BCUT2D eigenvalue weighted by Gasteiger charge is -2.28. The number of phenolic OH excluding ortho intramolecular Hbond substituents is 1. The number of nitrogens with two attached hydrogens (primary N) is 1. The van der Waals surface area contributed by atoms with E-state index < -0.39 is 0 Å². The summed E-state index contributed by atoms with van der Waals surface area (Å²) in [6, 6.07) is 5.07. The number of benzene rings is 1. The molecule has 0 bridgehead atoms. The predicted octanol–water partition coefficient (Wildman–Crippen LogP) is 3.62.